The van der Waals surface area contributed by atoms with Gasteiger partial charge in [-0.25, -0.2) is 13.2 Å². The number of benzene rings is 3. The summed E-state index contributed by atoms with van der Waals surface area (Å²) in [5, 5.41) is 2.42. The second-order valence-electron chi connectivity index (χ2n) is 7.91. The van der Waals surface area contributed by atoms with Crippen LogP contribution in [-0.2, 0) is 0 Å². The van der Waals surface area contributed by atoms with Gasteiger partial charge in [0.05, 0.1) is 5.16 Å². The van der Waals surface area contributed by atoms with Crippen molar-refractivity contribution < 1.29 is 13.2 Å². The van der Waals surface area contributed by atoms with Crippen LogP contribution in [0.3, 0.4) is 0 Å². The first-order valence-electron chi connectivity index (χ1n) is 11.3. The van der Waals surface area contributed by atoms with Crippen LogP contribution in [0.2, 0.25) is 5.02 Å². The van der Waals surface area contributed by atoms with E-state index in [9.17, 15) is 13.2 Å². The molecule has 0 amide bonds. The summed E-state index contributed by atoms with van der Waals surface area (Å²) in [6, 6.07) is 12.3. The summed E-state index contributed by atoms with van der Waals surface area (Å²) in [5.41, 5.74) is 2.09. The molecule has 178 valence electrons. The van der Waals surface area contributed by atoms with Gasteiger partial charge in [-0.2, -0.15) is 4.99 Å². The minimum absolute atomic E-state index is 0.219. The molecule has 3 rings (SSSR count). The summed E-state index contributed by atoms with van der Waals surface area (Å²) in [6.45, 7) is 2.18. The third-order valence-electron chi connectivity index (χ3n) is 5.32. The average Bonchev–Trinajstić information content (AvgIpc) is 2.83. The van der Waals surface area contributed by atoms with E-state index in [0.717, 1.165) is 30.5 Å². The molecule has 0 saturated heterocycles. The van der Waals surface area contributed by atoms with E-state index in [0.29, 0.717) is 16.1 Å². The molecule has 0 aliphatic carbocycles. The Balaban J connectivity index is 1.75. The highest BCUT2D eigenvalue weighted by Crippen LogP contribution is 2.30. The van der Waals surface area contributed by atoms with Crippen LogP contribution in [0.15, 0.2) is 53.5 Å². The van der Waals surface area contributed by atoms with E-state index in [1.807, 2.05) is 17.3 Å². The molecule has 0 aliphatic rings. The number of rotatable bonds is 8. The molecule has 0 heterocycles. The first-order chi connectivity index (χ1) is 16.9. The number of aliphatic imine (C=N–C) groups is 1. The molecule has 0 fully saturated rings. The molecule has 3 aromatic rings. The zero-order chi connectivity index (χ0) is 25.2. The number of hydrogen-bond acceptors (Lipinski definition) is 2. The predicted octanol–water partition coefficient (Wildman–Crippen LogP) is 9.65. The average molecular weight is 510 g/mol. The number of isothiocyanates is 1. The Hall–Kier alpha value is -3.16. The maximum Gasteiger partial charge on any atom is 0.153 e. The predicted molar refractivity (Wildman–Crippen MR) is 142 cm³/mol. The highest BCUT2D eigenvalue weighted by molar-refractivity contribution is 7.78. The second-order valence-corrected chi connectivity index (χ2v) is 8.50. The summed E-state index contributed by atoms with van der Waals surface area (Å²) >= 11 is 10.8. The van der Waals surface area contributed by atoms with Crippen molar-refractivity contribution in [1.82, 2.24) is 0 Å². The van der Waals surface area contributed by atoms with Crippen molar-refractivity contribution in [1.29, 1.82) is 0 Å². The molecule has 0 spiro atoms. The molecule has 35 heavy (non-hydrogen) atoms. The minimum Gasteiger partial charge on any atom is -0.206 e. The van der Waals surface area contributed by atoms with Gasteiger partial charge in [0, 0.05) is 28.1 Å². The van der Waals surface area contributed by atoms with Gasteiger partial charge < -0.3 is 0 Å². The topological polar surface area (TPSA) is 12.4 Å². The zero-order valence-corrected chi connectivity index (χ0v) is 20.7. The van der Waals surface area contributed by atoms with Crippen molar-refractivity contribution in [3.63, 3.8) is 0 Å². The van der Waals surface area contributed by atoms with Crippen LogP contribution in [0.1, 0.15) is 55.7 Å². The molecule has 0 aromatic heterocycles. The first-order valence-corrected chi connectivity index (χ1v) is 12.0. The van der Waals surface area contributed by atoms with Gasteiger partial charge in [-0.3, -0.25) is 0 Å². The molecule has 3 aromatic carbocycles. The molecule has 0 atom stereocenters. The molecule has 0 unspecified atom stereocenters. The van der Waals surface area contributed by atoms with Crippen molar-refractivity contribution in [2.75, 3.05) is 0 Å². The molecule has 0 bridgehead atoms. The van der Waals surface area contributed by atoms with Crippen LogP contribution in [0.25, 0.3) is 23.3 Å². The van der Waals surface area contributed by atoms with E-state index in [4.69, 9.17) is 11.6 Å². The summed E-state index contributed by atoms with van der Waals surface area (Å²) in [6.07, 6.45) is 8.40. The number of hydrogen-bond donors (Lipinski definition) is 0. The van der Waals surface area contributed by atoms with Crippen LogP contribution in [0.5, 0.6) is 0 Å². The minimum atomic E-state index is -0.878. The van der Waals surface area contributed by atoms with E-state index in [2.05, 4.69) is 36.0 Å². The van der Waals surface area contributed by atoms with E-state index in [1.165, 1.54) is 37.5 Å². The van der Waals surface area contributed by atoms with Gasteiger partial charge in [0.25, 0.3) is 0 Å². The maximum atomic E-state index is 14.8. The molecular formula is C29H23ClF3NS. The maximum absolute atomic E-state index is 14.8. The van der Waals surface area contributed by atoms with Crippen LogP contribution >= 0.6 is 23.8 Å². The van der Waals surface area contributed by atoms with Gasteiger partial charge >= 0.3 is 0 Å². The zero-order valence-electron chi connectivity index (χ0n) is 19.2. The van der Waals surface area contributed by atoms with E-state index in [-0.39, 0.29) is 11.1 Å². The lowest BCUT2D eigenvalue weighted by molar-refractivity contribution is 0.587. The lowest BCUT2D eigenvalue weighted by Crippen LogP contribution is -1.88. The molecule has 1 nitrogen and oxygen atoms in total. The fourth-order valence-electron chi connectivity index (χ4n) is 3.48. The molecule has 6 heteroatoms. The third-order valence-corrected chi connectivity index (χ3v) is 5.72. The van der Waals surface area contributed by atoms with Gasteiger partial charge in [-0.15, -0.1) is 0 Å². The SMILES string of the molecule is CCCCCCC#Cc1ccc(-c2ccc(/C=C/c3cc(F)c(N=C=S)c(F)c3)c(F)c2)c(Cl)c1. The van der Waals surface area contributed by atoms with Gasteiger partial charge in [0.15, 0.2) is 11.6 Å². The number of unbranched alkanes of at least 4 members (excludes halogenated alkanes) is 4. The van der Waals surface area contributed by atoms with Crippen molar-refractivity contribution >= 4 is 46.8 Å². The van der Waals surface area contributed by atoms with Crippen LogP contribution in [-0.4, -0.2) is 5.16 Å². The largest absolute Gasteiger partial charge is 0.206 e. The lowest BCUT2D eigenvalue weighted by Gasteiger charge is -2.07. The lowest BCUT2D eigenvalue weighted by atomic mass is 10.0. The summed E-state index contributed by atoms with van der Waals surface area (Å²) in [5.74, 6) is 4.05. The second kappa shape index (κ2) is 13.1. The highest BCUT2D eigenvalue weighted by atomic mass is 35.5. The Morgan fingerprint density at radius 3 is 2.34 bits per heavy atom. The molecule has 0 N–H and O–H groups in total. The van der Waals surface area contributed by atoms with E-state index >= 15 is 0 Å². The van der Waals surface area contributed by atoms with Crippen LogP contribution in [0, 0.1) is 29.3 Å². The molecule has 0 radical (unpaired) electrons. The molecular weight excluding hydrogens is 487 g/mol. The van der Waals surface area contributed by atoms with Crippen molar-refractivity contribution in [3.05, 3.63) is 87.7 Å². The quantitative estimate of drug-likeness (QED) is 0.0967. The van der Waals surface area contributed by atoms with Crippen LogP contribution < -0.4 is 0 Å². The Bertz CT molecular complexity index is 1320. The Labute approximate surface area is 214 Å². The van der Waals surface area contributed by atoms with Crippen LogP contribution in [0.4, 0.5) is 18.9 Å². The van der Waals surface area contributed by atoms with Gasteiger partial charge in [0.1, 0.15) is 11.5 Å². The Morgan fingerprint density at radius 2 is 1.69 bits per heavy atom. The van der Waals surface area contributed by atoms with Gasteiger partial charge in [-0.1, -0.05) is 80.0 Å². The monoisotopic (exact) mass is 509 g/mol. The highest BCUT2D eigenvalue weighted by Gasteiger charge is 2.10. The third kappa shape index (κ3) is 7.41. The Kier molecular flexibility index (Phi) is 9.87. The smallest absolute Gasteiger partial charge is 0.153 e. The Morgan fingerprint density at radius 1 is 0.914 bits per heavy atom. The molecule has 0 aliphatic heterocycles. The normalized spacial score (nSPS) is 10.7. The summed E-state index contributed by atoms with van der Waals surface area (Å²) in [7, 11) is 0. The summed E-state index contributed by atoms with van der Waals surface area (Å²) in [4.78, 5) is 3.37. The number of halogens is 4. The first kappa shape index (κ1) is 26.4. The van der Waals surface area contributed by atoms with Gasteiger partial charge in [0.2, 0.25) is 0 Å². The number of thiocarbonyl (C=S) groups is 1. The standard InChI is InChI=1S/C29H23ClF3NS/c1-2-3-4-5-6-7-8-20-10-14-24(25(30)15-20)23-13-12-22(26(31)18-23)11-9-21-16-27(32)29(34-19-35)28(33)17-21/h9-18H,2-6H2,1H3/b11-9+. The number of nitrogens with zero attached hydrogens (tertiary/aromatic N) is 1. The fourth-order valence-corrected chi connectivity index (χ4v) is 3.86. The van der Waals surface area contributed by atoms with Crippen molar-refractivity contribution in [3.8, 4) is 23.0 Å². The van der Waals surface area contributed by atoms with Crippen molar-refractivity contribution in [2.24, 2.45) is 4.99 Å². The van der Waals surface area contributed by atoms with E-state index in [1.54, 1.807) is 18.2 Å². The fraction of sp³-hybridized carbons (Fsp3) is 0.207. The van der Waals surface area contributed by atoms with Crippen molar-refractivity contribution in [2.45, 2.75) is 39.0 Å². The molecule has 0 saturated carbocycles. The summed E-state index contributed by atoms with van der Waals surface area (Å²) < 4.78 is 42.8. The van der Waals surface area contributed by atoms with E-state index < -0.39 is 23.1 Å². The van der Waals surface area contributed by atoms with Gasteiger partial charge in [-0.05, 0) is 60.1 Å².